The van der Waals surface area contributed by atoms with Crippen LogP contribution in [0.15, 0.2) is 30.3 Å². The highest BCUT2D eigenvalue weighted by molar-refractivity contribution is 5.97. The largest absolute Gasteiger partial charge is 0.462 e. The van der Waals surface area contributed by atoms with Gasteiger partial charge in [0.15, 0.2) is 0 Å². The number of fused-ring (bicyclic) bond motifs is 1. The van der Waals surface area contributed by atoms with Crippen molar-refractivity contribution >= 4 is 11.8 Å². The van der Waals surface area contributed by atoms with Crippen molar-refractivity contribution in [1.29, 1.82) is 0 Å². The van der Waals surface area contributed by atoms with Gasteiger partial charge in [-0.25, -0.2) is 9.18 Å². The van der Waals surface area contributed by atoms with Crippen LogP contribution >= 0.6 is 0 Å². The molecule has 2 heterocycles. The van der Waals surface area contributed by atoms with E-state index in [9.17, 15) is 9.18 Å². The minimum absolute atomic E-state index is 0.273. The smallest absolute Gasteiger partial charge is 0.341 e. The number of esters is 1. The van der Waals surface area contributed by atoms with Crippen molar-refractivity contribution in [2.75, 3.05) is 18.5 Å². The van der Waals surface area contributed by atoms with E-state index in [1.165, 1.54) is 12.1 Å². The number of benzene rings is 1. The molecule has 0 radical (unpaired) electrons. The summed E-state index contributed by atoms with van der Waals surface area (Å²) in [4.78, 5) is 12.0. The summed E-state index contributed by atoms with van der Waals surface area (Å²) in [6.45, 7) is 3.68. The Morgan fingerprint density at radius 1 is 1.40 bits per heavy atom. The zero-order chi connectivity index (χ0) is 14.1. The highest BCUT2D eigenvalue weighted by Gasteiger charge is 2.24. The van der Waals surface area contributed by atoms with E-state index in [1.54, 1.807) is 25.1 Å². The number of carbonyl (C=O) groups excluding carboxylic acids is 1. The standard InChI is InChI=1S/C15H15FN2O2/c1-2-20-15(19)12-9-13(18-8-7-17-14(12)18)10-3-5-11(16)6-4-10/h3-6,9,17H,2,7-8H2,1H3. The Kier molecular flexibility index (Phi) is 3.18. The Hall–Kier alpha value is -2.30. The molecule has 1 aromatic heterocycles. The summed E-state index contributed by atoms with van der Waals surface area (Å²) in [5.41, 5.74) is 2.31. The summed E-state index contributed by atoms with van der Waals surface area (Å²) in [6, 6.07) is 8.06. The number of carbonyl (C=O) groups is 1. The van der Waals surface area contributed by atoms with Crippen molar-refractivity contribution in [2.24, 2.45) is 0 Å². The van der Waals surface area contributed by atoms with Crippen molar-refractivity contribution < 1.29 is 13.9 Å². The van der Waals surface area contributed by atoms with Gasteiger partial charge in [-0.2, -0.15) is 0 Å². The van der Waals surface area contributed by atoms with E-state index in [0.29, 0.717) is 12.2 Å². The minimum Gasteiger partial charge on any atom is -0.462 e. The monoisotopic (exact) mass is 274 g/mol. The van der Waals surface area contributed by atoms with Crippen LogP contribution in [0.3, 0.4) is 0 Å². The fourth-order valence-electron chi connectivity index (χ4n) is 2.48. The fraction of sp³-hybridized carbons (Fsp3) is 0.267. The number of anilines is 1. The third-order valence-corrected chi connectivity index (χ3v) is 3.36. The molecule has 0 bridgehead atoms. The summed E-state index contributed by atoms with van der Waals surface area (Å²) in [5, 5.41) is 3.20. The lowest BCUT2D eigenvalue weighted by Gasteiger charge is -2.04. The number of hydrogen-bond donors (Lipinski definition) is 1. The third kappa shape index (κ3) is 2.05. The minimum atomic E-state index is -0.334. The van der Waals surface area contributed by atoms with E-state index >= 15 is 0 Å². The first kappa shape index (κ1) is 12.7. The van der Waals surface area contributed by atoms with Crippen LogP contribution in [0, 0.1) is 5.82 Å². The maximum absolute atomic E-state index is 13.0. The molecule has 0 atom stereocenters. The van der Waals surface area contributed by atoms with E-state index in [2.05, 4.69) is 5.32 Å². The highest BCUT2D eigenvalue weighted by Crippen LogP contribution is 2.32. The van der Waals surface area contributed by atoms with Gasteiger partial charge in [0.1, 0.15) is 17.2 Å². The van der Waals surface area contributed by atoms with Gasteiger partial charge in [0.05, 0.1) is 12.3 Å². The summed E-state index contributed by atoms with van der Waals surface area (Å²) in [6.07, 6.45) is 0. The first-order valence-corrected chi connectivity index (χ1v) is 6.61. The van der Waals surface area contributed by atoms with Gasteiger partial charge in [-0.05, 0) is 42.8 Å². The summed E-state index contributed by atoms with van der Waals surface area (Å²) in [7, 11) is 0. The zero-order valence-electron chi connectivity index (χ0n) is 11.1. The van der Waals surface area contributed by atoms with Gasteiger partial charge in [0.25, 0.3) is 0 Å². The SMILES string of the molecule is CCOC(=O)c1cc(-c2ccc(F)cc2)n2c1NCC2. The molecule has 0 saturated heterocycles. The molecule has 2 aromatic rings. The molecule has 0 fully saturated rings. The van der Waals surface area contributed by atoms with Gasteiger partial charge in [-0.15, -0.1) is 0 Å². The zero-order valence-corrected chi connectivity index (χ0v) is 11.1. The molecule has 0 amide bonds. The average molecular weight is 274 g/mol. The van der Waals surface area contributed by atoms with Gasteiger partial charge in [0.2, 0.25) is 0 Å². The van der Waals surface area contributed by atoms with Crippen LogP contribution in [0.5, 0.6) is 0 Å². The molecule has 104 valence electrons. The Labute approximate surface area is 116 Å². The molecule has 1 aromatic carbocycles. The molecule has 5 heteroatoms. The molecular formula is C15H15FN2O2. The van der Waals surface area contributed by atoms with Crippen LogP contribution in [-0.2, 0) is 11.3 Å². The van der Waals surface area contributed by atoms with Crippen molar-refractivity contribution in [1.82, 2.24) is 4.57 Å². The lowest BCUT2D eigenvalue weighted by molar-refractivity contribution is 0.0527. The number of hydrogen-bond acceptors (Lipinski definition) is 3. The van der Waals surface area contributed by atoms with Crippen LogP contribution in [0.4, 0.5) is 10.2 Å². The van der Waals surface area contributed by atoms with Crippen LogP contribution in [-0.4, -0.2) is 23.7 Å². The molecule has 0 unspecified atom stereocenters. The number of ether oxygens (including phenoxy) is 1. The molecule has 4 nitrogen and oxygen atoms in total. The number of rotatable bonds is 3. The molecule has 0 saturated carbocycles. The second-order valence-electron chi connectivity index (χ2n) is 4.60. The van der Waals surface area contributed by atoms with Crippen LogP contribution in [0.25, 0.3) is 11.3 Å². The van der Waals surface area contributed by atoms with E-state index in [-0.39, 0.29) is 11.8 Å². The molecule has 0 aliphatic carbocycles. The van der Waals surface area contributed by atoms with E-state index < -0.39 is 0 Å². The Morgan fingerprint density at radius 2 is 2.15 bits per heavy atom. The van der Waals surface area contributed by atoms with Crippen LogP contribution in [0.2, 0.25) is 0 Å². The van der Waals surface area contributed by atoms with E-state index in [0.717, 1.165) is 30.2 Å². The van der Waals surface area contributed by atoms with Gasteiger partial charge in [0, 0.05) is 13.1 Å². The van der Waals surface area contributed by atoms with Crippen molar-refractivity contribution in [3.63, 3.8) is 0 Å². The highest BCUT2D eigenvalue weighted by atomic mass is 19.1. The Morgan fingerprint density at radius 3 is 2.85 bits per heavy atom. The quantitative estimate of drug-likeness (QED) is 0.875. The number of aromatic nitrogens is 1. The number of nitrogens with one attached hydrogen (secondary N) is 1. The van der Waals surface area contributed by atoms with Gasteiger partial charge in [-0.3, -0.25) is 0 Å². The average Bonchev–Trinajstić information content (AvgIpc) is 3.01. The fourth-order valence-corrected chi connectivity index (χ4v) is 2.48. The van der Waals surface area contributed by atoms with Crippen LogP contribution in [0.1, 0.15) is 17.3 Å². The summed E-state index contributed by atoms with van der Waals surface area (Å²) in [5.74, 6) is 0.174. The topological polar surface area (TPSA) is 43.3 Å². The normalized spacial score (nSPS) is 12.9. The van der Waals surface area contributed by atoms with Gasteiger partial charge >= 0.3 is 5.97 Å². The van der Waals surface area contributed by atoms with Crippen molar-refractivity contribution in [3.05, 3.63) is 41.7 Å². The van der Waals surface area contributed by atoms with Crippen molar-refractivity contribution in [3.8, 4) is 11.3 Å². The van der Waals surface area contributed by atoms with Crippen molar-refractivity contribution in [2.45, 2.75) is 13.5 Å². The van der Waals surface area contributed by atoms with E-state index in [4.69, 9.17) is 4.74 Å². The van der Waals surface area contributed by atoms with Crippen LogP contribution < -0.4 is 5.32 Å². The van der Waals surface area contributed by atoms with Gasteiger partial charge in [-0.1, -0.05) is 0 Å². The third-order valence-electron chi connectivity index (χ3n) is 3.36. The second-order valence-corrected chi connectivity index (χ2v) is 4.60. The molecule has 1 N–H and O–H groups in total. The van der Waals surface area contributed by atoms with Gasteiger partial charge < -0.3 is 14.6 Å². The number of nitrogens with zero attached hydrogens (tertiary/aromatic N) is 1. The lowest BCUT2D eigenvalue weighted by atomic mass is 10.1. The lowest BCUT2D eigenvalue weighted by Crippen LogP contribution is -2.06. The first-order valence-electron chi connectivity index (χ1n) is 6.61. The molecule has 0 spiro atoms. The number of halogens is 1. The molecule has 1 aliphatic heterocycles. The van der Waals surface area contributed by atoms with E-state index in [1.807, 2.05) is 4.57 Å². The maximum Gasteiger partial charge on any atom is 0.341 e. The molecule has 1 aliphatic rings. The molecule has 3 rings (SSSR count). The summed E-state index contributed by atoms with van der Waals surface area (Å²) >= 11 is 0. The predicted octanol–water partition coefficient (Wildman–Crippen LogP) is 2.90. The Bertz CT molecular complexity index is 647. The second kappa shape index (κ2) is 5.00. The molecule has 20 heavy (non-hydrogen) atoms. The molecular weight excluding hydrogens is 259 g/mol. The Balaban J connectivity index is 2.06. The maximum atomic E-state index is 13.0. The predicted molar refractivity (Wildman–Crippen MR) is 74.3 cm³/mol. The first-order chi connectivity index (χ1) is 9.70. The summed E-state index contributed by atoms with van der Waals surface area (Å²) < 4.78 is 20.1.